The van der Waals surface area contributed by atoms with Crippen LogP contribution < -0.4 is 10.1 Å². The molecule has 0 spiro atoms. The molecule has 2 rings (SSSR count). The van der Waals surface area contributed by atoms with Gasteiger partial charge in [-0.05, 0) is 48.9 Å². The summed E-state index contributed by atoms with van der Waals surface area (Å²) in [5.74, 6) is 0.285. The van der Waals surface area contributed by atoms with E-state index < -0.39 is 0 Å². The highest BCUT2D eigenvalue weighted by atomic mass is 16.5. The van der Waals surface area contributed by atoms with Gasteiger partial charge in [-0.15, -0.1) is 0 Å². The van der Waals surface area contributed by atoms with Crippen molar-refractivity contribution in [2.45, 2.75) is 13.5 Å². The summed E-state index contributed by atoms with van der Waals surface area (Å²) in [7, 11) is 3.21. The maximum atomic E-state index is 12.6. The van der Waals surface area contributed by atoms with E-state index in [1.165, 1.54) is 4.90 Å². The zero-order valence-electron chi connectivity index (χ0n) is 15.3. The zero-order chi connectivity index (χ0) is 18.9. The van der Waals surface area contributed by atoms with Crippen molar-refractivity contribution in [2.75, 3.05) is 32.6 Å². The lowest BCUT2D eigenvalue weighted by atomic mass is 10.1. The molecule has 2 aromatic rings. The molecule has 0 aliphatic carbocycles. The van der Waals surface area contributed by atoms with Crippen LogP contribution in [-0.4, -0.2) is 44.0 Å². The number of likely N-dealkylation sites (N-methyl/N-ethyl adjacent to an activating group) is 1. The standard InChI is InChI=1S/C20H24N2O4/c1-4-22(20(24)16-7-5-15(6-8-16)14-25-2)13-19(23)21-17-9-11-18(26-3)12-10-17/h5-12H,4,13-14H2,1-3H3,(H,21,23). The lowest BCUT2D eigenvalue weighted by Gasteiger charge is -2.20. The number of anilines is 1. The molecular weight excluding hydrogens is 332 g/mol. The van der Waals surface area contributed by atoms with Crippen LogP contribution in [-0.2, 0) is 16.1 Å². The van der Waals surface area contributed by atoms with Gasteiger partial charge >= 0.3 is 0 Å². The second-order valence-corrected chi connectivity index (χ2v) is 5.73. The van der Waals surface area contributed by atoms with Gasteiger partial charge in [0.25, 0.3) is 5.91 Å². The third kappa shape index (κ3) is 5.32. The molecule has 0 unspecified atom stereocenters. The van der Waals surface area contributed by atoms with Crippen molar-refractivity contribution >= 4 is 17.5 Å². The Morgan fingerprint density at radius 1 is 1.00 bits per heavy atom. The fourth-order valence-corrected chi connectivity index (χ4v) is 2.47. The van der Waals surface area contributed by atoms with Crippen molar-refractivity contribution < 1.29 is 19.1 Å². The van der Waals surface area contributed by atoms with E-state index in [1.807, 2.05) is 19.1 Å². The number of rotatable bonds is 8. The molecule has 2 amide bonds. The van der Waals surface area contributed by atoms with Gasteiger partial charge in [0.1, 0.15) is 12.3 Å². The van der Waals surface area contributed by atoms with E-state index in [0.29, 0.717) is 30.2 Å². The average Bonchev–Trinajstić information content (AvgIpc) is 2.67. The minimum atomic E-state index is -0.249. The molecule has 0 heterocycles. The highest BCUT2D eigenvalue weighted by Crippen LogP contribution is 2.15. The summed E-state index contributed by atoms with van der Waals surface area (Å²) in [6.07, 6.45) is 0. The summed E-state index contributed by atoms with van der Waals surface area (Å²) in [5, 5.41) is 2.79. The number of nitrogens with zero attached hydrogens (tertiary/aromatic N) is 1. The van der Waals surface area contributed by atoms with Crippen LogP contribution in [0.15, 0.2) is 48.5 Å². The monoisotopic (exact) mass is 356 g/mol. The molecule has 0 aliphatic rings. The Morgan fingerprint density at radius 2 is 1.65 bits per heavy atom. The minimum Gasteiger partial charge on any atom is -0.497 e. The number of carbonyl (C=O) groups excluding carboxylic acids is 2. The van der Waals surface area contributed by atoms with Crippen molar-refractivity contribution in [1.29, 1.82) is 0 Å². The molecule has 0 aliphatic heterocycles. The average molecular weight is 356 g/mol. The quantitative estimate of drug-likeness (QED) is 0.790. The van der Waals surface area contributed by atoms with Crippen molar-refractivity contribution in [1.82, 2.24) is 4.90 Å². The number of hydrogen-bond acceptors (Lipinski definition) is 4. The predicted octanol–water partition coefficient (Wildman–Crippen LogP) is 2.94. The van der Waals surface area contributed by atoms with Crippen molar-refractivity contribution in [2.24, 2.45) is 0 Å². The van der Waals surface area contributed by atoms with E-state index in [0.717, 1.165) is 5.56 Å². The fourth-order valence-electron chi connectivity index (χ4n) is 2.47. The molecule has 6 heteroatoms. The minimum absolute atomic E-state index is 0.0127. The first-order chi connectivity index (χ1) is 12.6. The van der Waals surface area contributed by atoms with Crippen LogP contribution in [0.2, 0.25) is 0 Å². The van der Waals surface area contributed by atoms with Crippen LogP contribution in [0.1, 0.15) is 22.8 Å². The Balaban J connectivity index is 1.97. The van der Waals surface area contributed by atoms with E-state index >= 15 is 0 Å². The zero-order valence-corrected chi connectivity index (χ0v) is 15.3. The van der Waals surface area contributed by atoms with E-state index in [9.17, 15) is 9.59 Å². The van der Waals surface area contributed by atoms with E-state index in [-0.39, 0.29) is 18.4 Å². The lowest BCUT2D eigenvalue weighted by molar-refractivity contribution is -0.116. The number of hydrogen-bond donors (Lipinski definition) is 1. The Hall–Kier alpha value is -2.86. The topological polar surface area (TPSA) is 67.9 Å². The summed E-state index contributed by atoms with van der Waals surface area (Å²) in [5.41, 5.74) is 2.19. The first-order valence-corrected chi connectivity index (χ1v) is 8.38. The Kier molecular flexibility index (Phi) is 7.17. The van der Waals surface area contributed by atoms with E-state index in [2.05, 4.69) is 5.32 Å². The summed E-state index contributed by atoms with van der Waals surface area (Å²) >= 11 is 0. The maximum absolute atomic E-state index is 12.6. The van der Waals surface area contributed by atoms with Crippen LogP contribution >= 0.6 is 0 Å². The number of benzene rings is 2. The highest BCUT2D eigenvalue weighted by Gasteiger charge is 2.17. The summed E-state index contributed by atoms with van der Waals surface area (Å²) in [6.45, 7) is 2.77. The molecule has 0 saturated carbocycles. The van der Waals surface area contributed by atoms with Crippen LogP contribution in [0.25, 0.3) is 0 Å². The van der Waals surface area contributed by atoms with Crippen molar-refractivity contribution in [3.63, 3.8) is 0 Å². The van der Waals surface area contributed by atoms with Gasteiger partial charge < -0.3 is 19.7 Å². The predicted molar refractivity (Wildman–Crippen MR) is 100 cm³/mol. The number of ether oxygens (including phenoxy) is 2. The molecule has 26 heavy (non-hydrogen) atoms. The smallest absolute Gasteiger partial charge is 0.254 e. The van der Waals surface area contributed by atoms with Gasteiger partial charge in [0.2, 0.25) is 5.91 Å². The maximum Gasteiger partial charge on any atom is 0.254 e. The SMILES string of the molecule is CCN(CC(=O)Nc1ccc(OC)cc1)C(=O)c1ccc(COC)cc1. The number of nitrogens with one attached hydrogen (secondary N) is 1. The molecule has 0 bridgehead atoms. The summed E-state index contributed by atoms with van der Waals surface area (Å²) in [6, 6.07) is 14.2. The number of methoxy groups -OCH3 is 2. The molecule has 6 nitrogen and oxygen atoms in total. The third-order valence-electron chi connectivity index (χ3n) is 3.89. The number of amides is 2. The summed E-state index contributed by atoms with van der Waals surface area (Å²) < 4.78 is 10.2. The summed E-state index contributed by atoms with van der Waals surface area (Å²) in [4.78, 5) is 26.4. The Bertz CT molecular complexity index is 726. The van der Waals surface area contributed by atoms with Crippen molar-refractivity contribution in [3.8, 4) is 5.75 Å². The molecule has 0 aromatic heterocycles. The molecule has 1 N–H and O–H groups in total. The van der Waals surface area contributed by atoms with Gasteiger partial charge in [-0.2, -0.15) is 0 Å². The molecule has 2 aromatic carbocycles. The molecular formula is C20H24N2O4. The molecule has 0 atom stereocenters. The Morgan fingerprint density at radius 3 is 2.19 bits per heavy atom. The van der Waals surface area contributed by atoms with Crippen LogP contribution in [0.3, 0.4) is 0 Å². The van der Waals surface area contributed by atoms with Gasteiger partial charge in [0, 0.05) is 24.9 Å². The second kappa shape index (κ2) is 9.58. The van der Waals surface area contributed by atoms with Gasteiger partial charge in [0.15, 0.2) is 0 Å². The molecule has 0 saturated heterocycles. The van der Waals surface area contributed by atoms with Crippen LogP contribution in [0.5, 0.6) is 5.75 Å². The van der Waals surface area contributed by atoms with Gasteiger partial charge in [-0.1, -0.05) is 12.1 Å². The normalized spacial score (nSPS) is 10.3. The molecule has 0 radical (unpaired) electrons. The first kappa shape index (κ1) is 19.5. The van der Waals surface area contributed by atoms with Crippen LogP contribution in [0, 0.1) is 0 Å². The Labute approximate surface area is 153 Å². The van der Waals surface area contributed by atoms with Crippen LogP contribution in [0.4, 0.5) is 5.69 Å². The van der Waals surface area contributed by atoms with Gasteiger partial charge in [-0.25, -0.2) is 0 Å². The molecule has 138 valence electrons. The fraction of sp³-hybridized carbons (Fsp3) is 0.300. The van der Waals surface area contributed by atoms with Gasteiger partial charge in [-0.3, -0.25) is 9.59 Å². The lowest BCUT2D eigenvalue weighted by Crippen LogP contribution is -2.37. The first-order valence-electron chi connectivity index (χ1n) is 8.38. The van der Waals surface area contributed by atoms with E-state index in [1.54, 1.807) is 50.6 Å². The van der Waals surface area contributed by atoms with E-state index in [4.69, 9.17) is 9.47 Å². The van der Waals surface area contributed by atoms with Crippen molar-refractivity contribution in [3.05, 3.63) is 59.7 Å². The second-order valence-electron chi connectivity index (χ2n) is 5.73. The highest BCUT2D eigenvalue weighted by molar-refractivity contribution is 5.99. The number of carbonyl (C=O) groups is 2. The third-order valence-corrected chi connectivity index (χ3v) is 3.89. The largest absolute Gasteiger partial charge is 0.497 e. The van der Waals surface area contributed by atoms with Gasteiger partial charge in [0.05, 0.1) is 13.7 Å². The molecule has 0 fully saturated rings.